The van der Waals surface area contributed by atoms with E-state index in [1.54, 1.807) is 31.4 Å². The van der Waals surface area contributed by atoms with E-state index in [9.17, 15) is 9.90 Å². The maximum Gasteiger partial charge on any atom is 0.165 e. The van der Waals surface area contributed by atoms with E-state index in [2.05, 4.69) is 0 Å². The Bertz CT molecular complexity index is 342. The molecule has 3 heteroatoms. The Hall–Kier alpha value is -1.35. The topological polar surface area (TPSA) is 46.5 Å². The highest BCUT2D eigenvalue weighted by atomic mass is 16.5. The van der Waals surface area contributed by atoms with E-state index < -0.39 is 5.60 Å². The van der Waals surface area contributed by atoms with E-state index in [-0.39, 0.29) is 5.78 Å². The lowest BCUT2D eigenvalue weighted by molar-refractivity contribution is -0.134. The van der Waals surface area contributed by atoms with Gasteiger partial charge in [0.15, 0.2) is 5.78 Å². The van der Waals surface area contributed by atoms with Gasteiger partial charge < -0.3 is 9.84 Å². The first-order valence-corrected chi connectivity index (χ1v) is 4.36. The van der Waals surface area contributed by atoms with Crippen molar-refractivity contribution in [2.24, 2.45) is 0 Å². The summed E-state index contributed by atoms with van der Waals surface area (Å²) in [5.41, 5.74) is -0.890. The van der Waals surface area contributed by atoms with Gasteiger partial charge >= 0.3 is 0 Å². The quantitative estimate of drug-likeness (QED) is 0.793. The number of aliphatic hydroxyl groups is 1. The van der Waals surface area contributed by atoms with E-state index in [0.29, 0.717) is 11.3 Å². The van der Waals surface area contributed by atoms with Crippen molar-refractivity contribution in [1.82, 2.24) is 0 Å². The van der Waals surface area contributed by atoms with E-state index >= 15 is 0 Å². The monoisotopic (exact) mass is 194 g/mol. The molecule has 0 fully saturated rings. The summed E-state index contributed by atoms with van der Waals surface area (Å²) in [4.78, 5) is 11.2. The minimum absolute atomic E-state index is 0.286. The molecule has 0 aromatic heterocycles. The zero-order chi connectivity index (χ0) is 10.8. The van der Waals surface area contributed by atoms with E-state index in [1.807, 2.05) is 0 Å². The summed E-state index contributed by atoms with van der Waals surface area (Å²) in [6.45, 7) is 2.84. The molecule has 1 atom stereocenters. The lowest BCUT2D eigenvalue weighted by atomic mass is 9.92. The van der Waals surface area contributed by atoms with E-state index in [4.69, 9.17) is 4.74 Å². The van der Waals surface area contributed by atoms with Gasteiger partial charge in [0.25, 0.3) is 0 Å². The predicted molar refractivity (Wildman–Crippen MR) is 53.2 cm³/mol. The standard InChI is InChI=1S/C11H14O3/c1-8(12)11(2,13)9-5-4-6-10(7-9)14-3/h4-7,13H,1-3H3. The van der Waals surface area contributed by atoms with Crippen LogP contribution in [-0.2, 0) is 10.4 Å². The first-order valence-electron chi connectivity index (χ1n) is 4.36. The zero-order valence-electron chi connectivity index (χ0n) is 8.57. The Kier molecular flexibility index (Phi) is 2.91. The first kappa shape index (κ1) is 10.7. The molecule has 0 aliphatic heterocycles. The number of methoxy groups -OCH3 is 1. The minimum Gasteiger partial charge on any atom is -0.497 e. The molecular weight excluding hydrogens is 180 g/mol. The third kappa shape index (κ3) is 1.93. The molecule has 0 heterocycles. The summed E-state index contributed by atoms with van der Waals surface area (Å²) in [6.07, 6.45) is 0. The van der Waals surface area contributed by atoms with Crippen LogP contribution >= 0.6 is 0 Å². The number of Topliss-reactive ketones (excluding diaryl/α,β-unsaturated/α-hetero) is 1. The summed E-state index contributed by atoms with van der Waals surface area (Å²) >= 11 is 0. The molecule has 3 nitrogen and oxygen atoms in total. The van der Waals surface area contributed by atoms with Gasteiger partial charge in [-0.05, 0) is 31.5 Å². The number of carbonyl (C=O) groups is 1. The van der Waals surface area contributed by atoms with Crippen LogP contribution in [0.5, 0.6) is 5.75 Å². The average Bonchev–Trinajstić information content (AvgIpc) is 2.17. The molecule has 14 heavy (non-hydrogen) atoms. The maximum absolute atomic E-state index is 11.2. The Labute approximate surface area is 83.3 Å². The van der Waals surface area contributed by atoms with Gasteiger partial charge in [0, 0.05) is 0 Å². The second kappa shape index (κ2) is 3.80. The average molecular weight is 194 g/mol. The van der Waals surface area contributed by atoms with E-state index in [0.717, 1.165) is 0 Å². The molecule has 0 saturated carbocycles. The lowest BCUT2D eigenvalue weighted by Crippen LogP contribution is -2.29. The molecule has 0 saturated heterocycles. The first-order chi connectivity index (χ1) is 6.48. The van der Waals surface area contributed by atoms with Crippen molar-refractivity contribution in [3.05, 3.63) is 29.8 Å². The van der Waals surface area contributed by atoms with Crippen LogP contribution in [0.25, 0.3) is 0 Å². The van der Waals surface area contributed by atoms with Gasteiger partial charge in [-0.15, -0.1) is 0 Å². The molecule has 0 spiro atoms. The van der Waals surface area contributed by atoms with Crippen molar-refractivity contribution in [3.63, 3.8) is 0 Å². The van der Waals surface area contributed by atoms with E-state index in [1.165, 1.54) is 13.8 Å². The third-order valence-electron chi connectivity index (χ3n) is 2.32. The fourth-order valence-corrected chi connectivity index (χ4v) is 1.13. The number of ether oxygens (including phenoxy) is 1. The molecule has 1 rings (SSSR count). The molecule has 0 aliphatic rings. The summed E-state index contributed by atoms with van der Waals surface area (Å²) in [5.74, 6) is 0.342. The number of carbonyl (C=O) groups excluding carboxylic acids is 1. The second-order valence-corrected chi connectivity index (χ2v) is 3.36. The summed E-state index contributed by atoms with van der Waals surface area (Å²) in [5, 5.41) is 9.88. The number of hydrogen-bond acceptors (Lipinski definition) is 3. The Morgan fingerprint density at radius 3 is 2.64 bits per heavy atom. The van der Waals surface area contributed by atoms with Crippen LogP contribution in [0.1, 0.15) is 19.4 Å². The SMILES string of the molecule is COc1cccc(C(C)(O)C(C)=O)c1. The molecule has 1 N–H and O–H groups in total. The maximum atomic E-state index is 11.2. The largest absolute Gasteiger partial charge is 0.497 e. The molecule has 1 aromatic rings. The molecule has 76 valence electrons. The summed E-state index contributed by atoms with van der Waals surface area (Å²) in [6, 6.07) is 6.86. The van der Waals surface area contributed by atoms with Crippen molar-refractivity contribution in [3.8, 4) is 5.75 Å². The minimum atomic E-state index is -1.44. The van der Waals surface area contributed by atoms with Gasteiger partial charge in [-0.25, -0.2) is 0 Å². The van der Waals surface area contributed by atoms with Crippen molar-refractivity contribution < 1.29 is 14.6 Å². The molecule has 0 radical (unpaired) electrons. The third-order valence-corrected chi connectivity index (χ3v) is 2.32. The van der Waals surface area contributed by atoms with Gasteiger partial charge in [0.1, 0.15) is 11.4 Å². The normalized spacial score (nSPS) is 14.6. The Morgan fingerprint density at radius 2 is 2.14 bits per heavy atom. The molecular formula is C11H14O3. The Morgan fingerprint density at radius 1 is 1.50 bits per heavy atom. The van der Waals surface area contributed by atoms with Crippen molar-refractivity contribution in [1.29, 1.82) is 0 Å². The van der Waals surface area contributed by atoms with Crippen LogP contribution in [0.15, 0.2) is 24.3 Å². The number of benzene rings is 1. The van der Waals surface area contributed by atoms with Gasteiger partial charge in [0.05, 0.1) is 7.11 Å². The highest BCUT2D eigenvalue weighted by molar-refractivity contribution is 5.85. The summed E-state index contributed by atoms with van der Waals surface area (Å²) < 4.78 is 5.01. The molecule has 1 unspecified atom stereocenters. The Balaban J connectivity index is 3.12. The van der Waals surface area contributed by atoms with Crippen LogP contribution in [0, 0.1) is 0 Å². The van der Waals surface area contributed by atoms with Gasteiger partial charge in [0.2, 0.25) is 0 Å². The highest BCUT2D eigenvalue weighted by Crippen LogP contribution is 2.24. The number of hydrogen-bond donors (Lipinski definition) is 1. The fourth-order valence-electron chi connectivity index (χ4n) is 1.13. The van der Waals surface area contributed by atoms with Crippen LogP contribution < -0.4 is 4.74 Å². The van der Waals surface area contributed by atoms with Crippen LogP contribution in [0.2, 0.25) is 0 Å². The predicted octanol–water partition coefficient (Wildman–Crippen LogP) is 1.49. The zero-order valence-corrected chi connectivity index (χ0v) is 8.57. The smallest absolute Gasteiger partial charge is 0.165 e. The van der Waals surface area contributed by atoms with Crippen molar-refractivity contribution in [2.75, 3.05) is 7.11 Å². The number of rotatable bonds is 3. The van der Waals surface area contributed by atoms with Crippen LogP contribution in [0.4, 0.5) is 0 Å². The summed E-state index contributed by atoms with van der Waals surface area (Å²) in [7, 11) is 1.54. The molecule has 0 bridgehead atoms. The van der Waals surface area contributed by atoms with Crippen LogP contribution in [-0.4, -0.2) is 18.0 Å². The van der Waals surface area contributed by atoms with Gasteiger partial charge in [-0.2, -0.15) is 0 Å². The lowest BCUT2D eigenvalue weighted by Gasteiger charge is -2.20. The van der Waals surface area contributed by atoms with Crippen molar-refractivity contribution >= 4 is 5.78 Å². The highest BCUT2D eigenvalue weighted by Gasteiger charge is 2.28. The number of ketones is 1. The molecule has 1 aromatic carbocycles. The molecule has 0 aliphatic carbocycles. The fraction of sp³-hybridized carbons (Fsp3) is 0.364. The van der Waals surface area contributed by atoms with Crippen molar-refractivity contribution in [2.45, 2.75) is 19.4 Å². The van der Waals surface area contributed by atoms with Crippen LogP contribution in [0.3, 0.4) is 0 Å². The molecule has 0 amide bonds. The second-order valence-electron chi connectivity index (χ2n) is 3.36. The van der Waals surface area contributed by atoms with Gasteiger partial charge in [-0.1, -0.05) is 12.1 Å². The van der Waals surface area contributed by atoms with Gasteiger partial charge in [-0.3, -0.25) is 4.79 Å².